The molecule has 2 rings (SSSR count). The maximum Gasteiger partial charge on any atom is 0.0192 e. The number of likely N-dealkylation sites (tertiary alicyclic amines) is 1. The van der Waals surface area contributed by atoms with E-state index >= 15 is 0 Å². The molecular weight excluding hydrogens is 232 g/mol. The molecule has 2 atom stereocenters. The molecule has 1 N–H and O–H groups in total. The van der Waals surface area contributed by atoms with Crippen LogP contribution in [0.1, 0.15) is 59.3 Å². The zero-order valence-electron chi connectivity index (χ0n) is 13.2. The Morgan fingerprint density at radius 2 is 2.11 bits per heavy atom. The summed E-state index contributed by atoms with van der Waals surface area (Å²) in [6.07, 6.45) is 8.14. The third kappa shape index (κ3) is 4.52. The predicted molar refractivity (Wildman–Crippen MR) is 83.2 cm³/mol. The average molecular weight is 264 g/mol. The fourth-order valence-corrected chi connectivity index (χ4v) is 3.34. The van der Waals surface area contributed by atoms with Gasteiger partial charge >= 0.3 is 0 Å². The van der Waals surface area contributed by atoms with Gasteiger partial charge in [-0.3, -0.25) is 0 Å². The number of allylic oxidation sites excluding steroid dienone is 1. The van der Waals surface area contributed by atoms with Gasteiger partial charge in [-0.1, -0.05) is 13.5 Å². The molecule has 19 heavy (non-hydrogen) atoms. The minimum Gasteiger partial charge on any atom is -0.375 e. The second kappa shape index (κ2) is 6.30. The van der Waals surface area contributed by atoms with Crippen LogP contribution in [0.25, 0.3) is 0 Å². The number of nitrogens with one attached hydrogen (secondary N) is 1. The van der Waals surface area contributed by atoms with Gasteiger partial charge in [0.25, 0.3) is 0 Å². The van der Waals surface area contributed by atoms with Gasteiger partial charge in [0, 0.05) is 24.3 Å². The van der Waals surface area contributed by atoms with Crippen molar-refractivity contribution in [2.45, 2.75) is 64.8 Å². The van der Waals surface area contributed by atoms with Crippen molar-refractivity contribution in [1.29, 1.82) is 0 Å². The lowest BCUT2D eigenvalue weighted by Crippen LogP contribution is -2.43. The van der Waals surface area contributed by atoms with Gasteiger partial charge in [-0.25, -0.2) is 0 Å². The summed E-state index contributed by atoms with van der Waals surface area (Å²) in [7, 11) is 0. The van der Waals surface area contributed by atoms with Gasteiger partial charge in [-0.2, -0.15) is 0 Å². The molecule has 2 fully saturated rings. The second-order valence-corrected chi connectivity index (χ2v) is 7.17. The summed E-state index contributed by atoms with van der Waals surface area (Å²) in [5.74, 6) is 1.97. The van der Waals surface area contributed by atoms with Crippen LogP contribution in [0.2, 0.25) is 0 Å². The van der Waals surface area contributed by atoms with E-state index < -0.39 is 0 Å². The molecule has 0 aromatic rings. The Labute approximate surface area is 119 Å². The molecular formula is C17H32N2. The zero-order valence-corrected chi connectivity index (χ0v) is 13.2. The van der Waals surface area contributed by atoms with E-state index in [0.717, 1.165) is 18.4 Å². The molecule has 0 aromatic carbocycles. The molecule has 1 aliphatic carbocycles. The monoisotopic (exact) mass is 264 g/mol. The van der Waals surface area contributed by atoms with Crippen LogP contribution >= 0.6 is 0 Å². The van der Waals surface area contributed by atoms with Crippen LogP contribution in [0, 0.1) is 11.8 Å². The first-order chi connectivity index (χ1) is 9.00. The van der Waals surface area contributed by atoms with Gasteiger partial charge in [-0.15, -0.1) is 0 Å². The van der Waals surface area contributed by atoms with E-state index in [1.54, 1.807) is 0 Å². The molecule has 0 radical (unpaired) electrons. The first-order valence-electron chi connectivity index (χ1n) is 8.16. The quantitative estimate of drug-likeness (QED) is 0.785. The minimum atomic E-state index is 0.341. The highest BCUT2D eigenvalue weighted by atomic mass is 15.1. The van der Waals surface area contributed by atoms with Gasteiger partial charge in [0.15, 0.2) is 0 Å². The third-order valence-corrected chi connectivity index (χ3v) is 5.21. The Morgan fingerprint density at radius 1 is 1.37 bits per heavy atom. The molecule has 2 aliphatic rings. The summed E-state index contributed by atoms with van der Waals surface area (Å²) in [6, 6.07) is 0. The summed E-state index contributed by atoms with van der Waals surface area (Å²) in [4.78, 5) is 2.44. The molecule has 1 saturated carbocycles. The maximum absolute atomic E-state index is 4.09. The maximum atomic E-state index is 4.09. The molecule has 2 heteroatoms. The molecule has 0 spiro atoms. The van der Waals surface area contributed by atoms with Gasteiger partial charge in [0.05, 0.1) is 0 Å². The summed E-state index contributed by atoms with van der Waals surface area (Å²) < 4.78 is 0. The highest BCUT2D eigenvalue weighted by Crippen LogP contribution is 2.38. The van der Waals surface area contributed by atoms with Gasteiger partial charge in [0.2, 0.25) is 0 Å². The van der Waals surface area contributed by atoms with E-state index in [4.69, 9.17) is 0 Å². The summed E-state index contributed by atoms with van der Waals surface area (Å²) in [5.41, 5.74) is 1.57. The Morgan fingerprint density at radius 3 is 2.74 bits per heavy atom. The topological polar surface area (TPSA) is 15.3 Å². The molecule has 2 unspecified atom stereocenters. The van der Waals surface area contributed by atoms with Gasteiger partial charge in [-0.05, 0) is 70.8 Å². The van der Waals surface area contributed by atoms with E-state index in [9.17, 15) is 0 Å². The molecule has 2 nitrogen and oxygen atoms in total. The average Bonchev–Trinajstić information content (AvgIpc) is 3.15. The molecule has 1 saturated heterocycles. The van der Waals surface area contributed by atoms with Crippen molar-refractivity contribution in [2.24, 2.45) is 11.8 Å². The number of nitrogens with zero attached hydrogens (tertiary/aromatic N) is 1. The smallest absolute Gasteiger partial charge is 0.0192 e. The lowest BCUT2D eigenvalue weighted by molar-refractivity contribution is 0.290. The molecule has 1 aliphatic heterocycles. The van der Waals surface area contributed by atoms with Crippen LogP contribution in [0.15, 0.2) is 12.3 Å². The second-order valence-electron chi connectivity index (χ2n) is 7.17. The van der Waals surface area contributed by atoms with Crippen molar-refractivity contribution in [3.63, 3.8) is 0 Å². The molecule has 0 aromatic heterocycles. The van der Waals surface area contributed by atoms with Gasteiger partial charge < -0.3 is 10.2 Å². The SMILES string of the molecule is C=C(C)N1CCCC(C)(NCCC(C)C2CC2)CC1. The Kier molecular flexibility index (Phi) is 4.94. The summed E-state index contributed by atoms with van der Waals surface area (Å²) >= 11 is 0. The van der Waals surface area contributed by atoms with Crippen LogP contribution in [0.4, 0.5) is 0 Å². The fourth-order valence-electron chi connectivity index (χ4n) is 3.34. The van der Waals surface area contributed by atoms with Crippen molar-refractivity contribution >= 4 is 0 Å². The van der Waals surface area contributed by atoms with Crippen molar-refractivity contribution in [1.82, 2.24) is 10.2 Å². The van der Waals surface area contributed by atoms with Crippen LogP contribution < -0.4 is 5.32 Å². The number of hydrogen-bond donors (Lipinski definition) is 1. The Hall–Kier alpha value is -0.500. The minimum absolute atomic E-state index is 0.341. The number of hydrogen-bond acceptors (Lipinski definition) is 2. The molecule has 1 heterocycles. The zero-order chi connectivity index (χ0) is 13.9. The number of rotatable bonds is 6. The normalized spacial score (nSPS) is 29.9. The largest absolute Gasteiger partial charge is 0.375 e. The first-order valence-corrected chi connectivity index (χ1v) is 8.16. The first kappa shape index (κ1) is 14.9. The Bertz CT molecular complexity index is 308. The van der Waals surface area contributed by atoms with E-state index in [2.05, 4.69) is 37.6 Å². The van der Waals surface area contributed by atoms with Crippen molar-refractivity contribution in [3.05, 3.63) is 12.3 Å². The van der Waals surface area contributed by atoms with Crippen molar-refractivity contribution in [3.8, 4) is 0 Å². The van der Waals surface area contributed by atoms with Crippen LogP contribution in [0.3, 0.4) is 0 Å². The highest BCUT2D eigenvalue weighted by molar-refractivity contribution is 4.95. The summed E-state index contributed by atoms with van der Waals surface area (Å²) in [5, 5.41) is 3.85. The van der Waals surface area contributed by atoms with Crippen molar-refractivity contribution in [2.75, 3.05) is 19.6 Å². The Balaban J connectivity index is 1.73. The van der Waals surface area contributed by atoms with E-state index in [-0.39, 0.29) is 0 Å². The predicted octanol–water partition coefficient (Wildman–Crippen LogP) is 3.79. The summed E-state index contributed by atoms with van der Waals surface area (Å²) in [6.45, 7) is 14.6. The van der Waals surface area contributed by atoms with Crippen LogP contribution in [-0.2, 0) is 0 Å². The lowest BCUT2D eigenvalue weighted by Gasteiger charge is -2.31. The van der Waals surface area contributed by atoms with Gasteiger partial charge in [0.1, 0.15) is 0 Å². The van der Waals surface area contributed by atoms with E-state index in [1.165, 1.54) is 57.3 Å². The van der Waals surface area contributed by atoms with Crippen LogP contribution in [0.5, 0.6) is 0 Å². The standard InChI is InChI=1S/C17H32N2/c1-14(2)19-12-5-9-17(4,10-13-19)18-11-8-15(3)16-6-7-16/h15-16,18H,1,5-13H2,2-4H3. The molecule has 0 bridgehead atoms. The van der Waals surface area contributed by atoms with Crippen LogP contribution in [-0.4, -0.2) is 30.1 Å². The fraction of sp³-hybridized carbons (Fsp3) is 0.882. The highest BCUT2D eigenvalue weighted by Gasteiger charge is 2.30. The molecule has 110 valence electrons. The van der Waals surface area contributed by atoms with E-state index in [1.807, 2.05) is 0 Å². The lowest BCUT2D eigenvalue weighted by atomic mass is 9.92. The van der Waals surface area contributed by atoms with Crippen molar-refractivity contribution < 1.29 is 0 Å². The molecule has 0 amide bonds. The van der Waals surface area contributed by atoms with E-state index in [0.29, 0.717) is 5.54 Å². The third-order valence-electron chi connectivity index (χ3n) is 5.21.